The van der Waals surface area contributed by atoms with Gasteiger partial charge in [-0.15, -0.1) is 0 Å². The van der Waals surface area contributed by atoms with Crippen LogP contribution in [-0.4, -0.2) is 12.3 Å². The van der Waals surface area contributed by atoms with Crippen LogP contribution in [0.15, 0.2) is 18.2 Å². The van der Waals surface area contributed by atoms with Gasteiger partial charge >= 0.3 is 5.97 Å². The predicted molar refractivity (Wildman–Crippen MR) is 52.5 cm³/mol. The third-order valence-electron chi connectivity index (χ3n) is 1.86. The van der Waals surface area contributed by atoms with Crippen LogP contribution < -0.4 is 4.74 Å². The van der Waals surface area contributed by atoms with Gasteiger partial charge in [-0.1, -0.05) is 19.1 Å². The Labute approximate surface area is 82.7 Å². The molecule has 0 aromatic heterocycles. The lowest BCUT2D eigenvalue weighted by molar-refractivity contribution is -0.131. The van der Waals surface area contributed by atoms with Crippen molar-refractivity contribution in [2.24, 2.45) is 0 Å². The molecule has 0 N–H and O–H groups in total. The Bertz CT molecular complexity index is 356. The Morgan fingerprint density at radius 3 is 2.71 bits per heavy atom. The van der Waals surface area contributed by atoms with Crippen LogP contribution in [0.1, 0.15) is 29.8 Å². The van der Waals surface area contributed by atoms with E-state index in [1.165, 1.54) is 6.92 Å². The molecule has 0 spiro atoms. The van der Waals surface area contributed by atoms with E-state index in [2.05, 4.69) is 0 Å². The number of esters is 1. The van der Waals surface area contributed by atoms with E-state index in [1.807, 2.05) is 6.92 Å². The van der Waals surface area contributed by atoms with E-state index in [0.717, 1.165) is 18.3 Å². The molecular formula is C11H12O3. The van der Waals surface area contributed by atoms with Crippen LogP contribution in [0, 0.1) is 0 Å². The van der Waals surface area contributed by atoms with Gasteiger partial charge in [-0.25, -0.2) is 0 Å². The SMILES string of the molecule is CCc1ccc(C=O)cc1OC(C)=O. The van der Waals surface area contributed by atoms with E-state index in [0.29, 0.717) is 11.3 Å². The molecule has 74 valence electrons. The Balaban J connectivity index is 3.07. The van der Waals surface area contributed by atoms with E-state index >= 15 is 0 Å². The number of aldehydes is 1. The molecule has 1 aromatic carbocycles. The first-order valence-corrected chi connectivity index (χ1v) is 4.44. The Kier molecular flexibility index (Phi) is 3.40. The number of hydrogen-bond donors (Lipinski definition) is 0. The number of benzene rings is 1. The second kappa shape index (κ2) is 4.56. The smallest absolute Gasteiger partial charge is 0.308 e. The zero-order valence-corrected chi connectivity index (χ0v) is 8.24. The number of carbonyl (C=O) groups is 2. The van der Waals surface area contributed by atoms with Crippen molar-refractivity contribution in [2.75, 3.05) is 0 Å². The molecule has 0 saturated carbocycles. The van der Waals surface area contributed by atoms with Gasteiger partial charge in [0, 0.05) is 12.5 Å². The van der Waals surface area contributed by atoms with Gasteiger partial charge in [-0.05, 0) is 18.1 Å². The minimum absolute atomic E-state index is 0.372. The van der Waals surface area contributed by atoms with Gasteiger partial charge in [0.05, 0.1) is 0 Å². The van der Waals surface area contributed by atoms with Crippen molar-refractivity contribution in [3.05, 3.63) is 29.3 Å². The number of hydrogen-bond acceptors (Lipinski definition) is 3. The second-order valence-electron chi connectivity index (χ2n) is 2.93. The molecular weight excluding hydrogens is 180 g/mol. The topological polar surface area (TPSA) is 43.4 Å². The molecule has 1 aromatic rings. The molecule has 0 radical (unpaired) electrons. The monoisotopic (exact) mass is 192 g/mol. The van der Waals surface area contributed by atoms with E-state index in [4.69, 9.17) is 4.74 Å². The molecule has 0 fully saturated rings. The molecule has 0 aliphatic carbocycles. The lowest BCUT2D eigenvalue weighted by atomic mass is 10.1. The molecule has 0 heterocycles. The second-order valence-corrected chi connectivity index (χ2v) is 2.93. The zero-order chi connectivity index (χ0) is 10.6. The Morgan fingerprint density at radius 2 is 2.21 bits per heavy atom. The first-order valence-electron chi connectivity index (χ1n) is 4.44. The van der Waals surface area contributed by atoms with Crippen LogP contribution >= 0.6 is 0 Å². The Hall–Kier alpha value is -1.64. The van der Waals surface area contributed by atoms with Gasteiger partial charge in [-0.2, -0.15) is 0 Å². The summed E-state index contributed by atoms with van der Waals surface area (Å²) in [6.45, 7) is 3.30. The van der Waals surface area contributed by atoms with Crippen molar-refractivity contribution in [2.45, 2.75) is 20.3 Å². The quantitative estimate of drug-likeness (QED) is 0.418. The molecule has 3 heteroatoms. The number of carbonyl (C=O) groups excluding carboxylic acids is 2. The minimum Gasteiger partial charge on any atom is -0.426 e. The lowest BCUT2D eigenvalue weighted by Crippen LogP contribution is -2.04. The summed E-state index contributed by atoms with van der Waals surface area (Å²) in [5, 5.41) is 0. The molecule has 0 aliphatic rings. The Morgan fingerprint density at radius 1 is 1.50 bits per heavy atom. The summed E-state index contributed by atoms with van der Waals surface area (Å²) >= 11 is 0. The fourth-order valence-electron chi connectivity index (χ4n) is 1.19. The zero-order valence-electron chi connectivity index (χ0n) is 8.24. The predicted octanol–water partition coefficient (Wildman–Crippen LogP) is 1.99. The van der Waals surface area contributed by atoms with Gasteiger partial charge < -0.3 is 4.74 Å². The summed E-state index contributed by atoms with van der Waals surface area (Å²) in [5.74, 6) is 0.104. The molecule has 0 saturated heterocycles. The third-order valence-corrected chi connectivity index (χ3v) is 1.86. The first-order chi connectivity index (χ1) is 6.67. The highest BCUT2D eigenvalue weighted by atomic mass is 16.5. The summed E-state index contributed by atoms with van der Waals surface area (Å²) in [5.41, 5.74) is 1.43. The largest absolute Gasteiger partial charge is 0.426 e. The highest BCUT2D eigenvalue weighted by Crippen LogP contribution is 2.20. The van der Waals surface area contributed by atoms with Gasteiger partial charge in [0.1, 0.15) is 12.0 Å². The average Bonchev–Trinajstić information content (AvgIpc) is 2.16. The van der Waals surface area contributed by atoms with Crippen molar-refractivity contribution in [1.82, 2.24) is 0 Å². The standard InChI is InChI=1S/C11H12O3/c1-3-10-5-4-9(7-12)6-11(10)14-8(2)13/h4-7H,3H2,1-2H3. The van der Waals surface area contributed by atoms with Crippen LogP contribution in [0.25, 0.3) is 0 Å². The minimum atomic E-state index is -0.372. The van der Waals surface area contributed by atoms with Gasteiger partial charge in [0.25, 0.3) is 0 Å². The summed E-state index contributed by atoms with van der Waals surface area (Å²) in [6.07, 6.45) is 1.49. The maximum atomic E-state index is 10.8. The lowest BCUT2D eigenvalue weighted by Gasteiger charge is -2.07. The summed E-state index contributed by atoms with van der Waals surface area (Å²) < 4.78 is 4.98. The first kappa shape index (κ1) is 10.4. The summed E-state index contributed by atoms with van der Waals surface area (Å²) in [7, 11) is 0. The van der Waals surface area contributed by atoms with Gasteiger partial charge in [0.2, 0.25) is 0 Å². The molecule has 14 heavy (non-hydrogen) atoms. The van der Waals surface area contributed by atoms with Gasteiger partial charge in [0.15, 0.2) is 0 Å². The normalized spacial score (nSPS) is 9.57. The summed E-state index contributed by atoms with van der Waals surface area (Å²) in [4.78, 5) is 21.3. The third kappa shape index (κ3) is 2.42. The molecule has 3 nitrogen and oxygen atoms in total. The molecule has 0 atom stereocenters. The molecule has 0 amide bonds. The fourth-order valence-corrected chi connectivity index (χ4v) is 1.19. The number of ether oxygens (including phenoxy) is 1. The average molecular weight is 192 g/mol. The van der Waals surface area contributed by atoms with Crippen LogP contribution in [-0.2, 0) is 11.2 Å². The van der Waals surface area contributed by atoms with E-state index in [-0.39, 0.29) is 5.97 Å². The number of aryl methyl sites for hydroxylation is 1. The molecule has 1 rings (SSSR count). The van der Waals surface area contributed by atoms with Crippen molar-refractivity contribution >= 4 is 12.3 Å². The van der Waals surface area contributed by atoms with Crippen LogP contribution in [0.3, 0.4) is 0 Å². The fraction of sp³-hybridized carbons (Fsp3) is 0.273. The van der Waals surface area contributed by atoms with E-state index in [9.17, 15) is 9.59 Å². The molecule has 0 aliphatic heterocycles. The van der Waals surface area contributed by atoms with Crippen LogP contribution in [0.4, 0.5) is 0 Å². The maximum absolute atomic E-state index is 10.8. The van der Waals surface area contributed by atoms with Crippen molar-refractivity contribution in [3.8, 4) is 5.75 Å². The van der Waals surface area contributed by atoms with Crippen molar-refractivity contribution in [3.63, 3.8) is 0 Å². The molecule has 0 unspecified atom stereocenters. The van der Waals surface area contributed by atoms with Crippen LogP contribution in [0.5, 0.6) is 5.75 Å². The van der Waals surface area contributed by atoms with Crippen LogP contribution in [0.2, 0.25) is 0 Å². The highest BCUT2D eigenvalue weighted by molar-refractivity contribution is 5.77. The highest BCUT2D eigenvalue weighted by Gasteiger charge is 2.05. The van der Waals surface area contributed by atoms with Crippen molar-refractivity contribution in [1.29, 1.82) is 0 Å². The summed E-state index contributed by atoms with van der Waals surface area (Å²) in [6, 6.07) is 5.08. The van der Waals surface area contributed by atoms with Crippen molar-refractivity contribution < 1.29 is 14.3 Å². The number of rotatable bonds is 3. The van der Waals surface area contributed by atoms with Gasteiger partial charge in [-0.3, -0.25) is 9.59 Å². The van der Waals surface area contributed by atoms with E-state index in [1.54, 1.807) is 18.2 Å². The maximum Gasteiger partial charge on any atom is 0.308 e. The van der Waals surface area contributed by atoms with E-state index < -0.39 is 0 Å². The molecule has 0 bridgehead atoms.